The van der Waals surface area contributed by atoms with E-state index >= 15 is 4.39 Å². The van der Waals surface area contributed by atoms with Gasteiger partial charge < -0.3 is 15.0 Å². The highest BCUT2D eigenvalue weighted by atomic mass is 19.1. The molecule has 1 heterocycles. The van der Waals surface area contributed by atoms with Crippen LogP contribution in [0.15, 0.2) is 53.3 Å². The minimum absolute atomic E-state index is 0.0427. The predicted octanol–water partition coefficient (Wildman–Crippen LogP) is 6.19. The molecule has 0 atom stereocenters. The number of carbonyl (C=O) groups is 1. The Hall–Kier alpha value is -3.41. The monoisotopic (exact) mass is 448 g/mol. The van der Waals surface area contributed by atoms with Gasteiger partial charge in [-0.15, -0.1) is 0 Å². The van der Waals surface area contributed by atoms with Crippen molar-refractivity contribution >= 4 is 11.6 Å². The molecule has 5 nitrogen and oxygen atoms in total. The van der Waals surface area contributed by atoms with Crippen LogP contribution in [0.4, 0.5) is 10.1 Å². The van der Waals surface area contributed by atoms with Crippen LogP contribution in [0.1, 0.15) is 66.6 Å². The summed E-state index contributed by atoms with van der Waals surface area (Å²) < 4.78 is 21.4. The van der Waals surface area contributed by atoms with E-state index in [9.17, 15) is 9.59 Å². The normalized spacial score (nSPS) is 14.2. The standard InChI is InChI=1S/C27H29FN2O3/c1-3-33-21-15-13-20(14-16-21)29-26(31)23-22(18-11-9-17(2)10-12-18)24(28)25(30-27(23)32)19-7-5-4-6-8-19/h9-16,19H,3-8H2,1-2H3,(H,29,31)(H,30,32). The molecule has 6 heteroatoms. The number of halogens is 1. The first-order valence-corrected chi connectivity index (χ1v) is 11.5. The molecule has 0 spiro atoms. The number of benzene rings is 2. The van der Waals surface area contributed by atoms with Crippen LogP contribution >= 0.6 is 0 Å². The first kappa shape index (κ1) is 22.8. The topological polar surface area (TPSA) is 71.2 Å². The van der Waals surface area contributed by atoms with Crippen LogP contribution in [0.3, 0.4) is 0 Å². The van der Waals surface area contributed by atoms with E-state index in [1.807, 2.05) is 26.0 Å². The van der Waals surface area contributed by atoms with Gasteiger partial charge in [0.2, 0.25) is 0 Å². The number of aryl methyl sites for hydroxylation is 1. The van der Waals surface area contributed by atoms with Gasteiger partial charge in [0.15, 0.2) is 5.82 Å². The van der Waals surface area contributed by atoms with Crippen LogP contribution in [0.25, 0.3) is 11.1 Å². The second kappa shape index (κ2) is 10.0. The summed E-state index contributed by atoms with van der Waals surface area (Å²) >= 11 is 0. The number of hydrogen-bond donors (Lipinski definition) is 2. The van der Waals surface area contributed by atoms with Crippen molar-refractivity contribution in [2.45, 2.75) is 51.9 Å². The Kier molecular flexibility index (Phi) is 6.92. The van der Waals surface area contributed by atoms with Crippen molar-refractivity contribution in [3.8, 4) is 16.9 Å². The second-order valence-electron chi connectivity index (χ2n) is 8.54. The SMILES string of the molecule is CCOc1ccc(NC(=O)c2c(-c3ccc(C)cc3)c(F)c(C3CCCCC3)[nH]c2=O)cc1. The second-order valence-corrected chi connectivity index (χ2v) is 8.54. The minimum Gasteiger partial charge on any atom is -0.494 e. The number of H-pyrrole nitrogens is 1. The van der Waals surface area contributed by atoms with Crippen molar-refractivity contribution in [3.05, 3.63) is 81.5 Å². The molecule has 1 saturated carbocycles. The fraction of sp³-hybridized carbons (Fsp3) is 0.333. The van der Waals surface area contributed by atoms with Crippen LogP contribution in [-0.4, -0.2) is 17.5 Å². The smallest absolute Gasteiger partial charge is 0.262 e. The maximum atomic E-state index is 16.0. The lowest BCUT2D eigenvalue weighted by molar-refractivity contribution is 0.102. The zero-order chi connectivity index (χ0) is 23.4. The molecule has 1 aliphatic rings. The molecule has 0 bridgehead atoms. The summed E-state index contributed by atoms with van der Waals surface area (Å²) in [6.45, 7) is 4.36. The average molecular weight is 449 g/mol. The van der Waals surface area contributed by atoms with Gasteiger partial charge in [-0.1, -0.05) is 49.1 Å². The Balaban J connectivity index is 1.77. The van der Waals surface area contributed by atoms with Crippen molar-refractivity contribution < 1.29 is 13.9 Å². The highest BCUT2D eigenvalue weighted by Crippen LogP contribution is 2.36. The first-order valence-electron chi connectivity index (χ1n) is 11.5. The zero-order valence-corrected chi connectivity index (χ0v) is 19.0. The number of nitrogens with one attached hydrogen (secondary N) is 2. The molecule has 4 rings (SSSR count). The molecule has 1 aromatic heterocycles. The highest BCUT2D eigenvalue weighted by Gasteiger charge is 2.28. The third-order valence-electron chi connectivity index (χ3n) is 6.19. The van der Waals surface area contributed by atoms with Crippen molar-refractivity contribution in [3.63, 3.8) is 0 Å². The molecule has 0 aliphatic heterocycles. The summed E-state index contributed by atoms with van der Waals surface area (Å²) in [4.78, 5) is 29.1. The number of hydrogen-bond acceptors (Lipinski definition) is 3. The summed E-state index contributed by atoms with van der Waals surface area (Å²) in [5.74, 6) is -0.525. The lowest BCUT2D eigenvalue weighted by Gasteiger charge is -2.23. The van der Waals surface area contributed by atoms with Crippen molar-refractivity contribution in [1.29, 1.82) is 0 Å². The molecule has 172 valence electrons. The highest BCUT2D eigenvalue weighted by molar-refractivity contribution is 6.08. The zero-order valence-electron chi connectivity index (χ0n) is 19.0. The van der Waals surface area contributed by atoms with E-state index in [1.165, 1.54) is 0 Å². The van der Waals surface area contributed by atoms with Crippen molar-refractivity contribution in [1.82, 2.24) is 4.98 Å². The summed E-state index contributed by atoms with van der Waals surface area (Å²) in [5, 5.41) is 2.73. The maximum absolute atomic E-state index is 16.0. The van der Waals surface area contributed by atoms with Crippen LogP contribution in [-0.2, 0) is 0 Å². The Morgan fingerprint density at radius 2 is 1.73 bits per heavy atom. The molecule has 1 fully saturated rings. The lowest BCUT2D eigenvalue weighted by Crippen LogP contribution is -2.28. The van der Waals surface area contributed by atoms with Gasteiger partial charge in [0.25, 0.3) is 11.5 Å². The summed E-state index contributed by atoms with van der Waals surface area (Å²) in [6, 6.07) is 14.1. The Bertz CT molecular complexity index is 1180. The van der Waals surface area contributed by atoms with Gasteiger partial charge in [-0.2, -0.15) is 0 Å². The van der Waals surface area contributed by atoms with E-state index in [1.54, 1.807) is 36.4 Å². The van der Waals surface area contributed by atoms with Gasteiger partial charge >= 0.3 is 0 Å². The molecule has 2 N–H and O–H groups in total. The van der Waals surface area contributed by atoms with Crippen molar-refractivity contribution in [2.75, 3.05) is 11.9 Å². The molecule has 33 heavy (non-hydrogen) atoms. The lowest BCUT2D eigenvalue weighted by atomic mass is 9.85. The van der Waals surface area contributed by atoms with Crippen LogP contribution in [0.2, 0.25) is 0 Å². The first-order chi connectivity index (χ1) is 16.0. The number of ether oxygens (including phenoxy) is 1. The molecule has 0 radical (unpaired) electrons. The number of aromatic nitrogens is 1. The Morgan fingerprint density at radius 3 is 2.36 bits per heavy atom. The quantitative estimate of drug-likeness (QED) is 0.472. The van der Waals surface area contributed by atoms with Crippen LogP contribution < -0.4 is 15.6 Å². The molecular weight excluding hydrogens is 419 g/mol. The molecule has 0 saturated heterocycles. The Morgan fingerprint density at radius 1 is 1.06 bits per heavy atom. The summed E-state index contributed by atoms with van der Waals surface area (Å²) in [6.07, 6.45) is 4.80. The molecule has 2 aromatic carbocycles. The van der Waals surface area contributed by atoms with Gasteiger partial charge in [-0.25, -0.2) is 4.39 Å². The largest absolute Gasteiger partial charge is 0.494 e. The third-order valence-corrected chi connectivity index (χ3v) is 6.19. The van der Waals surface area contributed by atoms with Gasteiger partial charge in [-0.3, -0.25) is 9.59 Å². The number of rotatable bonds is 6. The fourth-order valence-corrected chi connectivity index (χ4v) is 4.47. The molecule has 0 unspecified atom stereocenters. The van der Waals surface area contributed by atoms with Gasteiger partial charge in [0.05, 0.1) is 12.3 Å². The molecular formula is C27H29FN2O3. The van der Waals surface area contributed by atoms with E-state index in [2.05, 4.69) is 10.3 Å². The average Bonchev–Trinajstić information content (AvgIpc) is 2.82. The van der Waals surface area contributed by atoms with E-state index in [-0.39, 0.29) is 17.0 Å². The van der Waals surface area contributed by atoms with E-state index < -0.39 is 17.3 Å². The van der Waals surface area contributed by atoms with Crippen LogP contribution in [0.5, 0.6) is 5.75 Å². The number of pyridine rings is 1. The van der Waals surface area contributed by atoms with E-state index in [0.29, 0.717) is 29.3 Å². The molecule has 1 amide bonds. The fourth-order valence-electron chi connectivity index (χ4n) is 4.47. The number of carbonyl (C=O) groups excluding carboxylic acids is 1. The third kappa shape index (κ3) is 5.00. The Labute approximate surface area is 193 Å². The number of amides is 1. The minimum atomic E-state index is -0.648. The summed E-state index contributed by atoms with van der Waals surface area (Å²) in [7, 11) is 0. The molecule has 1 aliphatic carbocycles. The maximum Gasteiger partial charge on any atom is 0.262 e. The van der Waals surface area contributed by atoms with Gasteiger partial charge in [0.1, 0.15) is 11.3 Å². The van der Waals surface area contributed by atoms with E-state index in [4.69, 9.17) is 4.74 Å². The van der Waals surface area contributed by atoms with Crippen molar-refractivity contribution in [2.24, 2.45) is 0 Å². The predicted molar refractivity (Wildman–Crippen MR) is 129 cm³/mol. The molecule has 3 aromatic rings. The van der Waals surface area contributed by atoms with Gasteiger partial charge in [-0.05, 0) is 56.5 Å². The number of aromatic amines is 1. The van der Waals surface area contributed by atoms with E-state index in [0.717, 1.165) is 37.7 Å². The van der Waals surface area contributed by atoms with Crippen LogP contribution in [0, 0.1) is 12.7 Å². The van der Waals surface area contributed by atoms with Gasteiger partial charge in [0, 0.05) is 17.2 Å². The number of anilines is 1. The summed E-state index contributed by atoms with van der Waals surface area (Å²) in [5.41, 5.74) is 1.60.